The van der Waals surface area contributed by atoms with E-state index in [2.05, 4.69) is 9.97 Å². The van der Waals surface area contributed by atoms with Crippen LogP contribution in [0.15, 0.2) is 6.20 Å². The minimum atomic E-state index is -1.31. The summed E-state index contributed by atoms with van der Waals surface area (Å²) in [5.41, 5.74) is 10.5. The van der Waals surface area contributed by atoms with Crippen molar-refractivity contribution < 1.29 is 24.5 Å². The monoisotopic (exact) mass is 272 g/mol. The lowest BCUT2D eigenvalue weighted by molar-refractivity contribution is -0.0743. The number of nitrogens with one attached hydrogen (secondary N) is 1. The normalized spacial score (nSPS) is 32.4. The molecule has 106 valence electrons. The van der Waals surface area contributed by atoms with Crippen LogP contribution in [0.25, 0.3) is 0 Å². The van der Waals surface area contributed by atoms with E-state index >= 15 is 0 Å². The van der Waals surface area contributed by atoms with Crippen LogP contribution < -0.4 is 11.5 Å². The first-order valence-corrected chi connectivity index (χ1v) is 5.60. The standard InChI is InChI=1S/C10H16N4O5/c1-18-5-4(15)6(19-7(5)9(12)17)10-13-2-3(14-10)8(11)16/h2,4-7,9,15,17H,12H2,1H3,(H2,11,16)(H,13,14)/t4-,5+,6-,7+,9?/m1/s1. The van der Waals surface area contributed by atoms with Gasteiger partial charge in [0.15, 0.2) is 0 Å². The van der Waals surface area contributed by atoms with E-state index < -0.39 is 36.6 Å². The van der Waals surface area contributed by atoms with Gasteiger partial charge in [-0.3, -0.25) is 4.79 Å². The summed E-state index contributed by atoms with van der Waals surface area (Å²) < 4.78 is 10.5. The molecule has 1 aromatic rings. The number of ether oxygens (including phenoxy) is 2. The number of hydrogen-bond acceptors (Lipinski definition) is 7. The Morgan fingerprint density at radius 3 is 2.79 bits per heavy atom. The van der Waals surface area contributed by atoms with Gasteiger partial charge in [0.2, 0.25) is 0 Å². The fourth-order valence-corrected chi connectivity index (χ4v) is 2.07. The second kappa shape index (κ2) is 5.23. The molecule has 1 fully saturated rings. The summed E-state index contributed by atoms with van der Waals surface area (Å²) in [4.78, 5) is 17.5. The Kier molecular flexibility index (Phi) is 3.83. The van der Waals surface area contributed by atoms with Gasteiger partial charge < -0.3 is 36.1 Å². The number of aliphatic hydroxyl groups excluding tert-OH is 2. The largest absolute Gasteiger partial charge is 0.387 e. The van der Waals surface area contributed by atoms with Crippen molar-refractivity contribution in [1.82, 2.24) is 9.97 Å². The third-order valence-corrected chi connectivity index (χ3v) is 3.01. The Morgan fingerprint density at radius 1 is 1.68 bits per heavy atom. The molecule has 0 aromatic carbocycles. The first-order valence-electron chi connectivity index (χ1n) is 5.60. The van der Waals surface area contributed by atoms with Crippen LogP contribution in [-0.4, -0.2) is 57.7 Å². The Morgan fingerprint density at radius 2 is 2.37 bits per heavy atom. The van der Waals surface area contributed by atoms with Crippen molar-refractivity contribution in [3.05, 3.63) is 17.7 Å². The van der Waals surface area contributed by atoms with Gasteiger partial charge in [0.05, 0.1) is 6.20 Å². The van der Waals surface area contributed by atoms with E-state index in [0.29, 0.717) is 0 Å². The molecule has 1 aliphatic heterocycles. The van der Waals surface area contributed by atoms with E-state index in [0.717, 1.165) is 0 Å². The summed E-state index contributed by atoms with van der Waals surface area (Å²) in [6.45, 7) is 0. The first kappa shape index (κ1) is 13.9. The van der Waals surface area contributed by atoms with E-state index in [4.69, 9.17) is 20.9 Å². The fraction of sp³-hybridized carbons (Fsp3) is 0.600. The van der Waals surface area contributed by atoms with Crippen LogP contribution in [0.5, 0.6) is 0 Å². The van der Waals surface area contributed by atoms with Gasteiger partial charge in [-0.1, -0.05) is 0 Å². The third kappa shape index (κ3) is 2.46. The molecule has 5 atom stereocenters. The highest BCUT2D eigenvalue weighted by molar-refractivity contribution is 5.90. The molecule has 1 amide bonds. The number of nitrogens with two attached hydrogens (primary N) is 2. The lowest BCUT2D eigenvalue weighted by Crippen LogP contribution is -2.44. The summed E-state index contributed by atoms with van der Waals surface area (Å²) in [6.07, 6.45) is -3.74. The number of carbonyl (C=O) groups is 1. The van der Waals surface area contributed by atoms with Crippen molar-refractivity contribution in [1.29, 1.82) is 0 Å². The zero-order chi connectivity index (χ0) is 14.2. The molecule has 19 heavy (non-hydrogen) atoms. The van der Waals surface area contributed by atoms with Gasteiger partial charge in [0.25, 0.3) is 5.91 Å². The number of imidazole rings is 1. The predicted molar refractivity (Wildman–Crippen MR) is 61.7 cm³/mol. The van der Waals surface area contributed by atoms with E-state index in [1.165, 1.54) is 13.3 Å². The van der Waals surface area contributed by atoms with Crippen molar-refractivity contribution in [2.75, 3.05) is 7.11 Å². The van der Waals surface area contributed by atoms with Gasteiger partial charge in [-0.25, -0.2) is 4.98 Å². The minimum absolute atomic E-state index is 0.0940. The molecular formula is C10H16N4O5. The molecule has 0 radical (unpaired) electrons. The van der Waals surface area contributed by atoms with Crippen molar-refractivity contribution in [3.8, 4) is 0 Å². The number of hydrogen-bond donors (Lipinski definition) is 5. The van der Waals surface area contributed by atoms with Crippen LogP contribution >= 0.6 is 0 Å². The van der Waals surface area contributed by atoms with Crippen LogP contribution in [0.1, 0.15) is 22.4 Å². The fourth-order valence-electron chi connectivity index (χ4n) is 2.07. The SMILES string of the molecule is CO[C@H]1[C@@H](O)[C@H](c2ncc(C(N)=O)[nH]2)O[C@@H]1C(N)O. The molecule has 0 aliphatic carbocycles. The Bertz CT molecular complexity index is 463. The molecule has 0 spiro atoms. The maximum Gasteiger partial charge on any atom is 0.266 e. The number of methoxy groups -OCH3 is 1. The van der Waals surface area contributed by atoms with Crippen LogP contribution in [0, 0.1) is 0 Å². The van der Waals surface area contributed by atoms with E-state index in [1.54, 1.807) is 0 Å². The number of H-pyrrole nitrogens is 1. The summed E-state index contributed by atoms with van der Waals surface area (Å²) in [5, 5.41) is 19.5. The zero-order valence-corrected chi connectivity index (χ0v) is 10.2. The molecule has 7 N–H and O–H groups in total. The van der Waals surface area contributed by atoms with Crippen LogP contribution in [0.3, 0.4) is 0 Å². The summed E-state index contributed by atoms with van der Waals surface area (Å²) >= 11 is 0. The number of aromatic amines is 1. The smallest absolute Gasteiger partial charge is 0.266 e. The van der Waals surface area contributed by atoms with Gasteiger partial charge in [-0.05, 0) is 0 Å². The number of nitrogens with zero attached hydrogens (tertiary/aromatic N) is 1. The molecule has 2 rings (SSSR count). The quantitative estimate of drug-likeness (QED) is 0.382. The lowest BCUT2D eigenvalue weighted by atomic mass is 10.1. The van der Waals surface area contributed by atoms with Crippen LogP contribution in [-0.2, 0) is 9.47 Å². The molecule has 2 heterocycles. The second-order valence-corrected chi connectivity index (χ2v) is 4.25. The molecule has 9 heteroatoms. The number of primary amides is 1. The second-order valence-electron chi connectivity index (χ2n) is 4.25. The van der Waals surface area contributed by atoms with Gasteiger partial charge in [0.1, 0.15) is 42.2 Å². The van der Waals surface area contributed by atoms with Crippen molar-refractivity contribution in [3.63, 3.8) is 0 Å². The zero-order valence-electron chi connectivity index (χ0n) is 10.2. The van der Waals surface area contributed by atoms with Gasteiger partial charge in [-0.15, -0.1) is 0 Å². The third-order valence-electron chi connectivity index (χ3n) is 3.01. The number of rotatable bonds is 4. The summed E-state index contributed by atoms with van der Waals surface area (Å²) in [5.74, 6) is -0.462. The lowest BCUT2D eigenvalue weighted by Gasteiger charge is -2.20. The maximum atomic E-state index is 11.0. The molecule has 0 saturated carbocycles. The van der Waals surface area contributed by atoms with Gasteiger partial charge in [0, 0.05) is 7.11 Å². The molecule has 0 bridgehead atoms. The highest BCUT2D eigenvalue weighted by Crippen LogP contribution is 2.34. The molecule has 1 aliphatic rings. The molecule has 1 unspecified atom stereocenters. The van der Waals surface area contributed by atoms with E-state index in [9.17, 15) is 15.0 Å². The molecule has 1 aromatic heterocycles. The minimum Gasteiger partial charge on any atom is -0.387 e. The van der Waals surface area contributed by atoms with Crippen LogP contribution in [0.4, 0.5) is 0 Å². The maximum absolute atomic E-state index is 11.0. The average molecular weight is 272 g/mol. The highest BCUT2D eigenvalue weighted by atomic mass is 16.6. The summed E-state index contributed by atoms with van der Waals surface area (Å²) in [6, 6.07) is 0. The van der Waals surface area contributed by atoms with Gasteiger partial charge >= 0.3 is 0 Å². The molecular weight excluding hydrogens is 256 g/mol. The number of carbonyl (C=O) groups excluding carboxylic acids is 1. The van der Waals surface area contributed by atoms with E-state index in [1.807, 2.05) is 0 Å². The number of aromatic nitrogens is 2. The Balaban J connectivity index is 2.22. The number of amides is 1. The van der Waals surface area contributed by atoms with Crippen molar-refractivity contribution >= 4 is 5.91 Å². The Labute approximate surface area is 108 Å². The van der Waals surface area contributed by atoms with Crippen LogP contribution in [0.2, 0.25) is 0 Å². The molecule has 9 nitrogen and oxygen atoms in total. The van der Waals surface area contributed by atoms with Crippen molar-refractivity contribution in [2.45, 2.75) is 30.6 Å². The first-order chi connectivity index (χ1) is 8.95. The predicted octanol–water partition coefficient (Wildman–Crippen LogP) is -2.40. The summed E-state index contributed by atoms with van der Waals surface area (Å²) in [7, 11) is 1.37. The van der Waals surface area contributed by atoms with Gasteiger partial charge in [-0.2, -0.15) is 0 Å². The Hall–Kier alpha value is -1.52. The molecule has 1 saturated heterocycles. The van der Waals surface area contributed by atoms with Crippen molar-refractivity contribution in [2.24, 2.45) is 11.5 Å². The topological polar surface area (TPSA) is 157 Å². The number of aliphatic hydroxyl groups is 2. The average Bonchev–Trinajstić information content (AvgIpc) is 2.92. The van der Waals surface area contributed by atoms with E-state index in [-0.39, 0.29) is 11.5 Å². The highest BCUT2D eigenvalue weighted by Gasteiger charge is 2.48.